The van der Waals surface area contributed by atoms with Crippen LogP contribution < -0.4 is 10.0 Å². The standard InChI is InChI=1S/C20H21N3O4S2/c1-13-18(14(2)27-22-13)12-28-19-7-5-4-6-17(19)20(24)21-15-8-10-16(11-9-15)23-29(3,25)26/h4-11,23H,12H2,1-3H3,(H,21,24). The van der Waals surface area contributed by atoms with Crippen LogP contribution in [-0.4, -0.2) is 25.7 Å². The van der Waals surface area contributed by atoms with Crippen LogP contribution in [0.1, 0.15) is 27.4 Å². The van der Waals surface area contributed by atoms with Gasteiger partial charge in [-0.3, -0.25) is 9.52 Å². The van der Waals surface area contributed by atoms with E-state index in [4.69, 9.17) is 4.52 Å². The van der Waals surface area contributed by atoms with Gasteiger partial charge in [0.05, 0.1) is 17.5 Å². The smallest absolute Gasteiger partial charge is 0.256 e. The second kappa shape index (κ2) is 8.71. The number of benzene rings is 2. The zero-order valence-electron chi connectivity index (χ0n) is 16.2. The largest absolute Gasteiger partial charge is 0.361 e. The summed E-state index contributed by atoms with van der Waals surface area (Å²) < 4.78 is 30.1. The van der Waals surface area contributed by atoms with E-state index in [0.717, 1.165) is 28.2 Å². The molecule has 1 amide bonds. The van der Waals surface area contributed by atoms with Crippen LogP contribution in [0.25, 0.3) is 0 Å². The number of hydrogen-bond donors (Lipinski definition) is 2. The van der Waals surface area contributed by atoms with E-state index in [2.05, 4.69) is 15.2 Å². The number of sulfonamides is 1. The minimum absolute atomic E-state index is 0.240. The Morgan fingerprint density at radius 3 is 2.34 bits per heavy atom. The Morgan fingerprint density at radius 1 is 1.07 bits per heavy atom. The highest BCUT2D eigenvalue weighted by molar-refractivity contribution is 7.98. The summed E-state index contributed by atoms with van der Waals surface area (Å²) in [4.78, 5) is 13.6. The molecule has 0 atom stereocenters. The van der Waals surface area contributed by atoms with Gasteiger partial charge in [-0.2, -0.15) is 0 Å². The first-order valence-corrected chi connectivity index (χ1v) is 11.6. The van der Waals surface area contributed by atoms with Crippen molar-refractivity contribution >= 4 is 39.1 Å². The van der Waals surface area contributed by atoms with Crippen LogP contribution in [0, 0.1) is 13.8 Å². The highest BCUT2D eigenvalue weighted by atomic mass is 32.2. The highest BCUT2D eigenvalue weighted by Gasteiger charge is 2.14. The van der Waals surface area contributed by atoms with Gasteiger partial charge in [-0.15, -0.1) is 11.8 Å². The van der Waals surface area contributed by atoms with Crippen LogP contribution in [0.3, 0.4) is 0 Å². The third-order valence-electron chi connectivity index (χ3n) is 4.13. The van der Waals surface area contributed by atoms with Crippen LogP contribution in [0.15, 0.2) is 57.9 Å². The first-order chi connectivity index (χ1) is 13.7. The van der Waals surface area contributed by atoms with Crippen molar-refractivity contribution in [3.8, 4) is 0 Å². The van der Waals surface area contributed by atoms with E-state index < -0.39 is 10.0 Å². The maximum Gasteiger partial charge on any atom is 0.256 e. The fraction of sp³-hybridized carbons (Fsp3) is 0.200. The third-order valence-corrected chi connectivity index (χ3v) is 5.84. The van der Waals surface area contributed by atoms with Gasteiger partial charge in [0.2, 0.25) is 10.0 Å². The van der Waals surface area contributed by atoms with Crippen LogP contribution in [-0.2, 0) is 15.8 Å². The molecule has 0 unspecified atom stereocenters. The molecule has 0 bridgehead atoms. The molecule has 7 nitrogen and oxygen atoms in total. The van der Waals surface area contributed by atoms with E-state index in [9.17, 15) is 13.2 Å². The third kappa shape index (κ3) is 5.61. The first-order valence-electron chi connectivity index (χ1n) is 8.76. The number of nitrogens with zero attached hydrogens (tertiary/aromatic N) is 1. The van der Waals surface area contributed by atoms with Crippen molar-refractivity contribution in [3.63, 3.8) is 0 Å². The van der Waals surface area contributed by atoms with Gasteiger partial charge in [-0.1, -0.05) is 17.3 Å². The lowest BCUT2D eigenvalue weighted by Crippen LogP contribution is -2.13. The first kappa shape index (κ1) is 20.9. The van der Waals surface area contributed by atoms with E-state index in [1.165, 1.54) is 0 Å². The molecule has 1 aromatic heterocycles. The van der Waals surface area contributed by atoms with Crippen LogP contribution in [0.2, 0.25) is 0 Å². The van der Waals surface area contributed by atoms with Crippen LogP contribution in [0.5, 0.6) is 0 Å². The Labute approximate surface area is 173 Å². The molecule has 3 rings (SSSR count). The van der Waals surface area contributed by atoms with Crippen molar-refractivity contribution in [2.24, 2.45) is 0 Å². The molecule has 0 spiro atoms. The maximum atomic E-state index is 12.8. The van der Waals surface area contributed by atoms with Gasteiger partial charge in [0, 0.05) is 27.6 Å². The second-order valence-electron chi connectivity index (χ2n) is 6.49. The molecule has 2 aromatic carbocycles. The van der Waals surface area contributed by atoms with Crippen molar-refractivity contribution in [2.45, 2.75) is 24.5 Å². The summed E-state index contributed by atoms with van der Waals surface area (Å²) in [6.45, 7) is 3.77. The number of amides is 1. The lowest BCUT2D eigenvalue weighted by Gasteiger charge is -2.11. The molecular weight excluding hydrogens is 410 g/mol. The molecule has 0 saturated carbocycles. The van der Waals surface area contributed by atoms with E-state index in [0.29, 0.717) is 22.7 Å². The average molecular weight is 432 g/mol. The minimum atomic E-state index is -3.34. The fourth-order valence-corrected chi connectivity index (χ4v) is 4.44. The summed E-state index contributed by atoms with van der Waals surface area (Å²) in [7, 11) is -3.34. The van der Waals surface area contributed by atoms with Gasteiger partial charge in [-0.05, 0) is 50.2 Å². The predicted octanol–water partition coefficient (Wildman–Crippen LogP) is 4.21. The van der Waals surface area contributed by atoms with Crippen molar-refractivity contribution < 1.29 is 17.7 Å². The maximum absolute atomic E-state index is 12.8. The van der Waals surface area contributed by atoms with Gasteiger partial charge in [0.15, 0.2) is 0 Å². The lowest BCUT2D eigenvalue weighted by molar-refractivity contribution is 0.102. The monoisotopic (exact) mass is 431 g/mol. The SMILES string of the molecule is Cc1noc(C)c1CSc1ccccc1C(=O)Nc1ccc(NS(C)(=O)=O)cc1. The summed E-state index contributed by atoms with van der Waals surface area (Å²) in [5.74, 6) is 1.19. The van der Waals surface area contributed by atoms with Gasteiger partial charge in [0.1, 0.15) is 5.76 Å². The molecule has 0 aliphatic heterocycles. The van der Waals surface area contributed by atoms with Gasteiger partial charge in [0.25, 0.3) is 5.91 Å². The second-order valence-corrected chi connectivity index (χ2v) is 9.26. The molecule has 2 N–H and O–H groups in total. The molecule has 0 fully saturated rings. The van der Waals surface area contributed by atoms with Crippen LogP contribution in [0.4, 0.5) is 11.4 Å². The van der Waals surface area contributed by atoms with Gasteiger partial charge < -0.3 is 9.84 Å². The van der Waals surface area contributed by atoms with Crippen molar-refractivity contribution in [3.05, 3.63) is 71.1 Å². The Kier molecular flexibility index (Phi) is 6.29. The van der Waals surface area contributed by atoms with Crippen molar-refractivity contribution in [1.82, 2.24) is 5.16 Å². The van der Waals surface area contributed by atoms with Crippen molar-refractivity contribution in [2.75, 3.05) is 16.3 Å². The van der Waals surface area contributed by atoms with Crippen LogP contribution >= 0.6 is 11.8 Å². The number of aryl methyl sites for hydroxylation is 2. The van der Waals surface area contributed by atoms with Gasteiger partial charge >= 0.3 is 0 Å². The summed E-state index contributed by atoms with van der Waals surface area (Å²) in [6, 6.07) is 13.8. The number of carbonyl (C=O) groups excluding carboxylic acids is 1. The van der Waals surface area contributed by atoms with E-state index >= 15 is 0 Å². The summed E-state index contributed by atoms with van der Waals surface area (Å²) in [5.41, 5.74) is 3.43. The quantitative estimate of drug-likeness (QED) is 0.544. The Balaban J connectivity index is 1.71. The summed E-state index contributed by atoms with van der Waals surface area (Å²) in [6.07, 6.45) is 1.08. The number of thioether (sulfide) groups is 1. The average Bonchev–Trinajstić information content (AvgIpc) is 2.98. The Morgan fingerprint density at radius 2 is 1.72 bits per heavy atom. The molecule has 1 heterocycles. The minimum Gasteiger partial charge on any atom is -0.361 e. The molecule has 0 aliphatic rings. The highest BCUT2D eigenvalue weighted by Crippen LogP contribution is 2.29. The molecule has 0 aliphatic carbocycles. The number of aromatic nitrogens is 1. The van der Waals surface area contributed by atoms with Crippen molar-refractivity contribution in [1.29, 1.82) is 0 Å². The number of nitrogens with one attached hydrogen (secondary N) is 2. The topological polar surface area (TPSA) is 101 Å². The molecule has 152 valence electrons. The van der Waals surface area contributed by atoms with E-state index in [1.807, 2.05) is 32.0 Å². The lowest BCUT2D eigenvalue weighted by atomic mass is 10.2. The van der Waals surface area contributed by atoms with E-state index in [1.54, 1.807) is 42.1 Å². The Bertz CT molecular complexity index is 1100. The fourth-order valence-electron chi connectivity index (χ4n) is 2.67. The number of rotatable bonds is 7. The van der Waals surface area contributed by atoms with Gasteiger partial charge in [-0.25, -0.2) is 8.42 Å². The zero-order valence-corrected chi connectivity index (χ0v) is 17.9. The molecule has 3 aromatic rings. The Hall–Kier alpha value is -2.78. The number of carbonyl (C=O) groups is 1. The molecular formula is C20H21N3O4S2. The summed E-state index contributed by atoms with van der Waals surface area (Å²) in [5, 5.41) is 6.80. The predicted molar refractivity (Wildman–Crippen MR) is 115 cm³/mol. The molecule has 9 heteroatoms. The summed E-state index contributed by atoms with van der Waals surface area (Å²) >= 11 is 1.54. The molecule has 0 radical (unpaired) electrons. The number of anilines is 2. The molecule has 0 saturated heterocycles. The van der Waals surface area contributed by atoms with E-state index in [-0.39, 0.29) is 5.91 Å². The normalized spacial score (nSPS) is 11.3. The number of hydrogen-bond acceptors (Lipinski definition) is 6. The zero-order chi connectivity index (χ0) is 21.0. The molecule has 29 heavy (non-hydrogen) atoms.